The van der Waals surface area contributed by atoms with Gasteiger partial charge in [-0.1, -0.05) is 46.8 Å². The molecule has 11 heteroatoms. The molecule has 0 saturated carbocycles. The van der Waals surface area contributed by atoms with Gasteiger partial charge in [-0.3, -0.25) is 14.3 Å². The van der Waals surface area contributed by atoms with Gasteiger partial charge in [0.2, 0.25) is 5.82 Å². The molecule has 0 aliphatic carbocycles. The Morgan fingerprint density at radius 3 is 2.81 bits per heavy atom. The minimum absolute atomic E-state index is 0.172. The molecule has 1 atom stereocenters. The Bertz CT molecular complexity index is 1350. The van der Waals surface area contributed by atoms with Crippen LogP contribution in [-0.4, -0.2) is 42.2 Å². The van der Waals surface area contributed by atoms with Crippen LogP contribution in [-0.2, 0) is 18.4 Å². The first kappa shape index (κ1) is 20.3. The lowest BCUT2D eigenvalue weighted by Gasteiger charge is -2.22. The van der Waals surface area contributed by atoms with Crippen molar-refractivity contribution in [1.29, 1.82) is 0 Å². The maximum atomic E-state index is 12.9. The van der Waals surface area contributed by atoms with Crippen molar-refractivity contribution in [2.45, 2.75) is 32.4 Å². The largest absolute Gasteiger partial charge is 0.445 e. The molecule has 0 unspecified atom stereocenters. The molecule has 10 nitrogen and oxygen atoms in total. The van der Waals surface area contributed by atoms with Crippen LogP contribution in [0.1, 0.15) is 35.3 Å². The van der Waals surface area contributed by atoms with Crippen molar-refractivity contribution >= 4 is 27.8 Å². The number of thiazole rings is 1. The van der Waals surface area contributed by atoms with E-state index in [-0.39, 0.29) is 35.4 Å². The molecule has 1 saturated heterocycles. The van der Waals surface area contributed by atoms with Gasteiger partial charge in [0.25, 0.3) is 11.4 Å². The van der Waals surface area contributed by atoms with E-state index in [1.165, 1.54) is 15.9 Å². The fraction of sp³-hybridized carbons (Fsp3) is 0.333. The van der Waals surface area contributed by atoms with Crippen molar-refractivity contribution < 1.29 is 14.1 Å². The summed E-state index contributed by atoms with van der Waals surface area (Å²) >= 11 is 1.29. The maximum absolute atomic E-state index is 12.9. The summed E-state index contributed by atoms with van der Waals surface area (Å²) in [6.45, 7) is 2.48. The molecule has 0 bridgehead atoms. The van der Waals surface area contributed by atoms with Crippen LogP contribution < -0.4 is 5.56 Å². The zero-order valence-electron chi connectivity index (χ0n) is 17.5. The lowest BCUT2D eigenvalue weighted by Crippen LogP contribution is -2.31. The topological polar surface area (TPSA) is 116 Å². The number of aromatic nitrogens is 5. The molecule has 164 valence electrons. The number of carbonyl (C=O) groups is 1. The lowest BCUT2D eigenvalue weighted by atomic mass is 10.2. The Balaban J connectivity index is 1.42. The first-order chi connectivity index (χ1) is 15.5. The van der Waals surface area contributed by atoms with Gasteiger partial charge in [0.1, 0.15) is 11.6 Å². The Labute approximate surface area is 186 Å². The first-order valence-electron chi connectivity index (χ1n) is 10.2. The number of hydrogen-bond donors (Lipinski definition) is 0. The Kier molecular flexibility index (Phi) is 5.17. The number of benzene rings is 1. The van der Waals surface area contributed by atoms with Gasteiger partial charge in [0.05, 0.1) is 6.04 Å². The van der Waals surface area contributed by atoms with Gasteiger partial charge >= 0.3 is 6.09 Å². The van der Waals surface area contributed by atoms with Crippen LogP contribution in [0.25, 0.3) is 22.1 Å². The predicted octanol–water partition coefficient (Wildman–Crippen LogP) is 3.22. The van der Waals surface area contributed by atoms with Crippen molar-refractivity contribution in [2.75, 3.05) is 6.54 Å². The molecule has 5 rings (SSSR count). The van der Waals surface area contributed by atoms with Gasteiger partial charge in [-0.15, -0.1) is 0 Å². The van der Waals surface area contributed by atoms with E-state index in [0.29, 0.717) is 22.2 Å². The molecule has 0 N–H and O–H groups in total. The minimum Gasteiger partial charge on any atom is -0.445 e. The lowest BCUT2D eigenvalue weighted by molar-refractivity contribution is 0.0920. The normalized spacial score (nSPS) is 16.1. The minimum atomic E-state index is -0.390. The second-order valence-corrected chi connectivity index (χ2v) is 8.55. The zero-order valence-corrected chi connectivity index (χ0v) is 18.3. The van der Waals surface area contributed by atoms with Gasteiger partial charge in [-0.2, -0.15) is 4.98 Å². The first-order valence-corrected chi connectivity index (χ1v) is 11.0. The van der Waals surface area contributed by atoms with Crippen LogP contribution in [0, 0.1) is 6.92 Å². The van der Waals surface area contributed by atoms with E-state index in [0.717, 1.165) is 18.4 Å². The average Bonchev–Trinajstić information content (AvgIpc) is 3.54. The molecule has 0 spiro atoms. The standard InChI is InChI=1S/C21H20N6O4S/c1-12-22-17(31-25-12)16-24-19-15(20(28)26(16)2)23-18(32-19)14-9-6-10-27(14)21(29)30-11-13-7-4-3-5-8-13/h3-5,7-8,14H,6,9-11H2,1-2H3/t14-/m1/s1. The molecule has 1 amide bonds. The predicted molar refractivity (Wildman–Crippen MR) is 116 cm³/mol. The van der Waals surface area contributed by atoms with Gasteiger partial charge in [-0.25, -0.2) is 14.8 Å². The number of rotatable bonds is 4. The monoisotopic (exact) mass is 452 g/mol. The van der Waals surface area contributed by atoms with Gasteiger partial charge in [0, 0.05) is 13.6 Å². The third-order valence-electron chi connectivity index (χ3n) is 5.35. The number of amides is 1. The summed E-state index contributed by atoms with van der Waals surface area (Å²) in [4.78, 5) is 41.1. The highest BCUT2D eigenvalue weighted by atomic mass is 32.1. The van der Waals surface area contributed by atoms with Gasteiger partial charge in [0.15, 0.2) is 16.2 Å². The second-order valence-electron chi connectivity index (χ2n) is 7.54. The van der Waals surface area contributed by atoms with E-state index >= 15 is 0 Å². The fourth-order valence-corrected chi connectivity index (χ4v) is 4.81. The van der Waals surface area contributed by atoms with Crippen LogP contribution in [0.4, 0.5) is 4.79 Å². The van der Waals surface area contributed by atoms with Crippen LogP contribution in [0.5, 0.6) is 0 Å². The van der Waals surface area contributed by atoms with Crippen LogP contribution in [0.3, 0.4) is 0 Å². The summed E-state index contributed by atoms with van der Waals surface area (Å²) in [6.07, 6.45) is 1.19. The van der Waals surface area contributed by atoms with Gasteiger partial charge in [-0.05, 0) is 25.3 Å². The number of fused-ring (bicyclic) bond motifs is 1. The van der Waals surface area contributed by atoms with Crippen molar-refractivity contribution in [3.8, 4) is 11.7 Å². The smallest absolute Gasteiger partial charge is 0.410 e. The molecule has 1 aliphatic rings. The molecule has 1 aromatic carbocycles. The van der Waals surface area contributed by atoms with Crippen molar-refractivity contribution in [1.82, 2.24) is 29.6 Å². The number of ether oxygens (including phenoxy) is 1. The fourth-order valence-electron chi connectivity index (χ4n) is 3.74. The molecule has 1 aliphatic heterocycles. The molecule has 32 heavy (non-hydrogen) atoms. The summed E-state index contributed by atoms with van der Waals surface area (Å²) < 4.78 is 12.0. The van der Waals surface area contributed by atoms with Crippen molar-refractivity contribution in [2.24, 2.45) is 7.05 Å². The van der Waals surface area contributed by atoms with E-state index in [1.807, 2.05) is 30.3 Å². The van der Waals surface area contributed by atoms with Crippen molar-refractivity contribution in [3.63, 3.8) is 0 Å². The van der Waals surface area contributed by atoms with E-state index in [2.05, 4.69) is 20.1 Å². The van der Waals surface area contributed by atoms with Crippen LogP contribution >= 0.6 is 11.3 Å². The van der Waals surface area contributed by atoms with E-state index < -0.39 is 6.09 Å². The van der Waals surface area contributed by atoms with Gasteiger partial charge < -0.3 is 9.26 Å². The molecule has 0 radical (unpaired) electrons. The number of hydrogen-bond acceptors (Lipinski definition) is 9. The quantitative estimate of drug-likeness (QED) is 0.463. The highest BCUT2D eigenvalue weighted by molar-refractivity contribution is 7.18. The Morgan fingerprint density at radius 1 is 1.25 bits per heavy atom. The average molecular weight is 452 g/mol. The summed E-state index contributed by atoms with van der Waals surface area (Å²) in [5, 5.41) is 4.43. The van der Waals surface area contributed by atoms with E-state index in [4.69, 9.17) is 9.26 Å². The van der Waals surface area contributed by atoms with Crippen LogP contribution in [0.15, 0.2) is 39.6 Å². The third kappa shape index (κ3) is 3.64. The molecule has 3 aromatic heterocycles. The highest BCUT2D eigenvalue weighted by Gasteiger charge is 2.34. The SMILES string of the molecule is Cc1noc(-c2nc3sc([C@H]4CCCN4C(=O)OCc4ccccc4)nc3c(=O)n2C)n1. The Morgan fingerprint density at radius 2 is 2.06 bits per heavy atom. The van der Waals surface area contributed by atoms with E-state index in [9.17, 15) is 9.59 Å². The summed E-state index contributed by atoms with van der Waals surface area (Å²) in [6, 6.07) is 9.29. The third-order valence-corrected chi connectivity index (χ3v) is 6.41. The molecule has 4 aromatic rings. The molecule has 4 heterocycles. The van der Waals surface area contributed by atoms with E-state index in [1.54, 1.807) is 18.9 Å². The Hall–Kier alpha value is -3.60. The molecular formula is C21H20N6O4S. The molecular weight excluding hydrogens is 432 g/mol. The highest BCUT2D eigenvalue weighted by Crippen LogP contribution is 2.36. The van der Waals surface area contributed by atoms with Crippen molar-refractivity contribution in [3.05, 3.63) is 57.1 Å². The number of carbonyl (C=O) groups excluding carboxylic acids is 1. The number of aryl methyl sites for hydroxylation is 1. The van der Waals surface area contributed by atoms with Crippen LogP contribution in [0.2, 0.25) is 0 Å². The number of likely N-dealkylation sites (tertiary alicyclic amines) is 1. The summed E-state index contributed by atoms with van der Waals surface area (Å²) in [7, 11) is 1.59. The summed E-state index contributed by atoms with van der Waals surface area (Å²) in [5.41, 5.74) is 0.879. The number of nitrogens with zero attached hydrogens (tertiary/aromatic N) is 6. The molecule has 1 fully saturated rings. The summed E-state index contributed by atoms with van der Waals surface area (Å²) in [5.74, 6) is 0.907. The zero-order chi connectivity index (χ0) is 22.2. The maximum Gasteiger partial charge on any atom is 0.410 e. The second kappa shape index (κ2) is 8.15.